The van der Waals surface area contributed by atoms with Crippen molar-refractivity contribution < 1.29 is 16.8 Å². The number of sulfonamides is 1. The summed E-state index contributed by atoms with van der Waals surface area (Å²) in [4.78, 5) is 1.93. The zero-order valence-corrected chi connectivity index (χ0v) is 21.0. The molecule has 0 heterocycles. The molecule has 0 fully saturated rings. The summed E-state index contributed by atoms with van der Waals surface area (Å²) < 4.78 is 53.5. The quantitative estimate of drug-likeness (QED) is 0.518. The van der Waals surface area contributed by atoms with E-state index in [0.717, 1.165) is 16.8 Å². The lowest BCUT2D eigenvalue weighted by atomic mass is 9.91. The number of fused-ring (bicyclic) bond motifs is 1. The van der Waals surface area contributed by atoms with E-state index in [1.165, 1.54) is 4.31 Å². The second-order valence-electron chi connectivity index (χ2n) is 8.51. The molecule has 1 aliphatic rings. The maximum atomic E-state index is 12.9. The molecule has 7 nitrogen and oxygen atoms in total. The number of halogens is 1. The molecule has 32 heavy (non-hydrogen) atoms. The summed E-state index contributed by atoms with van der Waals surface area (Å²) in [5.74, 6) is -0.208. The van der Waals surface area contributed by atoms with Crippen LogP contribution in [-0.4, -0.2) is 49.3 Å². The molecule has 3 rings (SSSR count). The van der Waals surface area contributed by atoms with E-state index in [2.05, 4.69) is 4.72 Å². The van der Waals surface area contributed by atoms with E-state index in [4.69, 9.17) is 11.6 Å². The van der Waals surface area contributed by atoms with Gasteiger partial charge in [0, 0.05) is 37.9 Å². The first kappa shape index (κ1) is 24.8. The summed E-state index contributed by atoms with van der Waals surface area (Å²) in [7, 11) is -2.55. The van der Waals surface area contributed by atoms with Crippen molar-refractivity contribution in [3.05, 3.63) is 58.6 Å². The average Bonchev–Trinajstić information content (AvgIpc) is 2.75. The van der Waals surface area contributed by atoms with Crippen LogP contribution >= 0.6 is 11.6 Å². The van der Waals surface area contributed by atoms with Gasteiger partial charge in [-0.25, -0.2) is 21.6 Å². The number of hydrogen-bond acceptors (Lipinski definition) is 5. The van der Waals surface area contributed by atoms with Crippen LogP contribution in [0.15, 0.2) is 42.5 Å². The highest BCUT2D eigenvalue weighted by Gasteiger charge is 2.30. The van der Waals surface area contributed by atoms with E-state index < -0.39 is 26.2 Å². The molecule has 0 saturated heterocycles. The number of rotatable bonds is 9. The van der Waals surface area contributed by atoms with Gasteiger partial charge in [0.1, 0.15) is 0 Å². The lowest BCUT2D eigenvalue weighted by Gasteiger charge is -2.26. The van der Waals surface area contributed by atoms with Crippen molar-refractivity contribution in [2.45, 2.75) is 31.4 Å². The first-order valence-electron chi connectivity index (χ1n) is 10.5. The Bertz CT molecular complexity index is 1110. The van der Waals surface area contributed by atoms with Crippen LogP contribution in [0.4, 0.5) is 11.4 Å². The predicted octanol–water partition coefficient (Wildman–Crippen LogP) is 2.85. The first-order valence-corrected chi connectivity index (χ1v) is 13.6. The summed E-state index contributed by atoms with van der Waals surface area (Å²) in [5, 5.41) is 0.156. The SMILES string of the molecule is C[C@H](CNS(=O)(=O)C1CCc2cc(Cl)ccc2C1)CN(c1ccc(N(C)C)cc1)[SH](=O)=O. The van der Waals surface area contributed by atoms with E-state index in [-0.39, 0.29) is 19.0 Å². The highest BCUT2D eigenvalue weighted by atomic mass is 35.5. The lowest BCUT2D eigenvalue weighted by Crippen LogP contribution is -2.41. The van der Waals surface area contributed by atoms with E-state index in [1.807, 2.05) is 50.2 Å². The Labute approximate surface area is 197 Å². The number of anilines is 2. The number of hydrogen-bond donors (Lipinski definition) is 2. The third-order valence-corrected chi connectivity index (χ3v) is 8.64. The molecule has 0 radical (unpaired) electrons. The van der Waals surface area contributed by atoms with Gasteiger partial charge in [-0.1, -0.05) is 24.6 Å². The molecule has 176 valence electrons. The molecule has 0 spiro atoms. The largest absolute Gasteiger partial charge is 0.378 e. The minimum atomic E-state index is -3.53. The van der Waals surface area contributed by atoms with Gasteiger partial charge in [0.05, 0.1) is 10.9 Å². The highest BCUT2D eigenvalue weighted by Crippen LogP contribution is 2.27. The van der Waals surface area contributed by atoms with Crippen molar-refractivity contribution in [2.24, 2.45) is 5.92 Å². The zero-order valence-electron chi connectivity index (χ0n) is 18.5. The van der Waals surface area contributed by atoms with Gasteiger partial charge >= 0.3 is 0 Å². The van der Waals surface area contributed by atoms with Gasteiger partial charge in [-0.05, 0) is 72.7 Å². The van der Waals surface area contributed by atoms with E-state index in [0.29, 0.717) is 30.0 Å². The van der Waals surface area contributed by atoms with Crippen LogP contribution in [0.25, 0.3) is 0 Å². The topological polar surface area (TPSA) is 86.8 Å². The summed E-state index contributed by atoms with van der Waals surface area (Å²) in [5.41, 5.74) is 3.64. The molecule has 0 bridgehead atoms. The third kappa shape index (κ3) is 6.15. The van der Waals surface area contributed by atoms with Crippen LogP contribution in [0.5, 0.6) is 0 Å². The van der Waals surface area contributed by atoms with Crippen LogP contribution in [0.2, 0.25) is 5.02 Å². The fourth-order valence-corrected chi connectivity index (χ4v) is 6.39. The summed E-state index contributed by atoms with van der Waals surface area (Å²) >= 11 is 6.04. The maximum Gasteiger partial charge on any atom is 0.225 e. The third-order valence-electron chi connectivity index (χ3n) is 5.77. The van der Waals surface area contributed by atoms with Crippen LogP contribution in [-0.2, 0) is 33.8 Å². The Balaban J connectivity index is 1.61. The normalized spacial score (nSPS) is 17.1. The molecule has 0 saturated carbocycles. The Morgan fingerprint density at radius 3 is 2.38 bits per heavy atom. The molecule has 2 aromatic carbocycles. The zero-order chi connectivity index (χ0) is 23.5. The summed E-state index contributed by atoms with van der Waals surface area (Å²) in [6.45, 7) is 2.19. The van der Waals surface area contributed by atoms with Gasteiger partial charge in [0.15, 0.2) is 0 Å². The number of benzene rings is 2. The number of aryl methyl sites for hydroxylation is 1. The molecule has 1 aliphatic carbocycles. The molecule has 1 unspecified atom stereocenters. The minimum Gasteiger partial charge on any atom is -0.378 e. The second kappa shape index (κ2) is 10.4. The van der Waals surface area contributed by atoms with Crippen LogP contribution in [0.3, 0.4) is 0 Å². The fraction of sp³-hybridized carbons (Fsp3) is 0.455. The Morgan fingerprint density at radius 1 is 1.09 bits per heavy atom. The molecule has 2 aromatic rings. The highest BCUT2D eigenvalue weighted by molar-refractivity contribution is 7.90. The smallest absolute Gasteiger partial charge is 0.225 e. The standard InChI is InChI=1S/C22H30ClN3O4S2/c1-16(15-26(31(27)28)21-9-7-20(8-10-21)25(2)3)14-24-32(29,30)22-11-5-17-12-19(23)6-4-18(17)13-22/h4,6-10,12,16,22,24,31H,5,11,13-15H2,1-3H3/t16-,22?/m1/s1. The fourth-order valence-electron chi connectivity index (χ4n) is 3.88. The molecular weight excluding hydrogens is 470 g/mol. The van der Waals surface area contributed by atoms with Gasteiger partial charge in [-0.2, -0.15) is 0 Å². The van der Waals surface area contributed by atoms with Crippen molar-refractivity contribution in [3.8, 4) is 0 Å². The number of nitrogens with one attached hydrogen (secondary N) is 1. The van der Waals surface area contributed by atoms with E-state index in [1.54, 1.807) is 18.2 Å². The lowest BCUT2D eigenvalue weighted by molar-refractivity contribution is 0.522. The number of thiol groups is 1. The van der Waals surface area contributed by atoms with Crippen molar-refractivity contribution >= 4 is 43.9 Å². The molecule has 0 aliphatic heterocycles. The Morgan fingerprint density at radius 2 is 1.75 bits per heavy atom. The Kier molecular flexibility index (Phi) is 8.08. The van der Waals surface area contributed by atoms with E-state index in [9.17, 15) is 16.8 Å². The monoisotopic (exact) mass is 499 g/mol. The molecular formula is C22H30ClN3O4S2. The van der Waals surface area contributed by atoms with Crippen molar-refractivity contribution in [1.82, 2.24) is 4.72 Å². The van der Waals surface area contributed by atoms with E-state index >= 15 is 0 Å². The molecule has 0 aromatic heterocycles. The Hall–Kier alpha value is -1.81. The average molecular weight is 500 g/mol. The van der Waals surface area contributed by atoms with Crippen LogP contribution in [0.1, 0.15) is 24.5 Å². The summed E-state index contributed by atoms with van der Waals surface area (Å²) in [6.07, 6.45) is 1.66. The molecule has 2 atom stereocenters. The van der Waals surface area contributed by atoms with Gasteiger partial charge in [-0.3, -0.25) is 4.31 Å². The minimum absolute atomic E-state index is 0.168. The molecule has 0 amide bonds. The molecule has 10 heteroatoms. The van der Waals surface area contributed by atoms with Crippen LogP contribution in [0, 0.1) is 5.92 Å². The summed E-state index contributed by atoms with van der Waals surface area (Å²) in [6, 6.07) is 12.8. The van der Waals surface area contributed by atoms with Crippen molar-refractivity contribution in [2.75, 3.05) is 36.4 Å². The molecule has 1 N–H and O–H groups in total. The van der Waals surface area contributed by atoms with Crippen molar-refractivity contribution in [1.29, 1.82) is 0 Å². The maximum absolute atomic E-state index is 12.9. The first-order chi connectivity index (χ1) is 15.1. The van der Waals surface area contributed by atoms with Crippen LogP contribution < -0.4 is 13.9 Å². The van der Waals surface area contributed by atoms with Gasteiger partial charge < -0.3 is 4.90 Å². The van der Waals surface area contributed by atoms with Gasteiger partial charge in [0.25, 0.3) is 0 Å². The van der Waals surface area contributed by atoms with Gasteiger partial charge in [-0.15, -0.1) is 0 Å². The predicted molar refractivity (Wildman–Crippen MR) is 132 cm³/mol. The number of nitrogens with zero attached hydrogens (tertiary/aromatic N) is 2. The second-order valence-corrected chi connectivity index (χ2v) is 11.9. The van der Waals surface area contributed by atoms with Crippen molar-refractivity contribution in [3.63, 3.8) is 0 Å². The van der Waals surface area contributed by atoms with Gasteiger partial charge in [0.2, 0.25) is 20.9 Å².